The molecular weight excluding hydrogens is 578 g/mol. The van der Waals surface area contributed by atoms with Crippen molar-refractivity contribution in [3.8, 4) is 0 Å². The van der Waals surface area contributed by atoms with Gasteiger partial charge in [0.2, 0.25) is 17.5 Å². The highest BCUT2D eigenvalue weighted by molar-refractivity contribution is 7.85. The summed E-state index contributed by atoms with van der Waals surface area (Å²) >= 11 is 0. The molecule has 0 radical (unpaired) electrons. The lowest BCUT2D eigenvalue weighted by Crippen LogP contribution is -2.67. The van der Waals surface area contributed by atoms with Crippen molar-refractivity contribution in [1.29, 1.82) is 0 Å². The number of piperidine rings is 1. The number of rotatable bonds is 3. The number of nitrogens with one attached hydrogen (secondary N) is 2. The molecule has 2 aromatic rings. The number of carbonyl (C=O) groups excluding carboxylic acids is 3. The number of hydrogen-bond donors (Lipinski definition) is 4. The summed E-state index contributed by atoms with van der Waals surface area (Å²) in [6, 6.07) is 5.98. The molecule has 4 aliphatic heterocycles. The summed E-state index contributed by atoms with van der Waals surface area (Å²) in [5, 5.41) is 15.9. The molecular formula is C29H39N5O8S. The molecule has 1 aromatic carbocycles. The maximum atomic E-state index is 13.9. The Kier molecular flexibility index (Phi) is 7.16. The molecule has 3 amide bonds. The molecule has 1 aliphatic carbocycles. The molecule has 234 valence electrons. The average molecular weight is 618 g/mol. The zero-order chi connectivity index (χ0) is 31.1. The fraction of sp³-hybridized carbons (Fsp3) is 0.621. The molecule has 0 bridgehead atoms. The molecule has 43 heavy (non-hydrogen) atoms. The molecule has 5 heterocycles. The maximum Gasteiger partial charge on any atom is 0.281 e. The molecule has 0 spiro atoms. The predicted octanol–water partition coefficient (Wildman–Crippen LogP) is 0.610. The Hall–Kier alpha value is -3.04. The first-order valence-electron chi connectivity index (χ1n) is 14.7. The van der Waals surface area contributed by atoms with E-state index >= 15 is 0 Å². The first kappa shape index (κ1) is 30.0. The van der Waals surface area contributed by atoms with Gasteiger partial charge in [0.05, 0.1) is 12.2 Å². The summed E-state index contributed by atoms with van der Waals surface area (Å²) in [4.78, 5) is 48.9. The first-order chi connectivity index (χ1) is 20.1. The van der Waals surface area contributed by atoms with E-state index < -0.39 is 39.6 Å². The minimum absolute atomic E-state index is 0.187. The number of H-pyrrole nitrogens is 1. The van der Waals surface area contributed by atoms with Gasteiger partial charge in [-0.1, -0.05) is 26.0 Å². The van der Waals surface area contributed by atoms with Crippen LogP contribution in [0.5, 0.6) is 0 Å². The van der Waals surface area contributed by atoms with Crippen molar-refractivity contribution in [1.82, 2.24) is 25.0 Å². The van der Waals surface area contributed by atoms with Crippen LogP contribution < -0.4 is 5.32 Å². The average Bonchev–Trinajstić information content (AvgIpc) is 3.63. The van der Waals surface area contributed by atoms with Gasteiger partial charge in [-0.2, -0.15) is 8.42 Å². The van der Waals surface area contributed by atoms with Gasteiger partial charge in [0.25, 0.3) is 21.9 Å². The number of carbonyl (C=O) groups is 3. The Bertz CT molecular complexity index is 1580. The van der Waals surface area contributed by atoms with E-state index in [4.69, 9.17) is 9.29 Å². The van der Waals surface area contributed by atoms with E-state index in [0.717, 1.165) is 23.3 Å². The van der Waals surface area contributed by atoms with Gasteiger partial charge < -0.3 is 25.2 Å². The summed E-state index contributed by atoms with van der Waals surface area (Å²) < 4.78 is 32.1. The number of likely N-dealkylation sites (tertiary alicyclic amines) is 1. The van der Waals surface area contributed by atoms with Gasteiger partial charge in [-0.15, -0.1) is 0 Å². The zero-order valence-corrected chi connectivity index (χ0v) is 25.6. The topological polar surface area (TPSA) is 173 Å². The zero-order valence-electron chi connectivity index (χ0n) is 24.7. The lowest BCUT2D eigenvalue weighted by molar-refractivity contribution is -0.314. The smallest absolute Gasteiger partial charge is 0.281 e. The maximum absolute atomic E-state index is 13.9. The SMILES string of the molecule is CC(C)[C@@]1(NC(=O)[C@@H]2CC3c4cccc5[nH]cc(c45)CC3N(C)C2)O[C@@]2(O)C3CCCN3C(=O)CN2C1=O.CS(=O)(=O)O. The standard InChI is InChI=1S/C28H35N5O5.CH4O3S/c1-15(2)27(26(36)33-14-23(34)32-9-5-8-22(32)28(33,37)38-27)30-25(35)17-10-19-18-6-4-7-20-24(18)16(12-29-20)11-21(19)31(3)13-17;1-5(2,3)4/h4,6-7,12,15,17,19,21-22,29,37H,5,8-11,13-14H2,1-3H3,(H,30,35);1H3,(H,2,3,4)/t17-,19?,21?,22?,27-,28+;/m1./s1. The second-order valence-corrected chi connectivity index (χ2v) is 14.3. The van der Waals surface area contributed by atoms with E-state index in [9.17, 15) is 27.9 Å². The van der Waals surface area contributed by atoms with E-state index in [1.807, 2.05) is 0 Å². The van der Waals surface area contributed by atoms with Gasteiger partial charge in [-0.05, 0) is 49.9 Å². The van der Waals surface area contributed by atoms with Crippen LogP contribution >= 0.6 is 0 Å². The summed E-state index contributed by atoms with van der Waals surface area (Å²) in [5.41, 5.74) is 1.96. The van der Waals surface area contributed by atoms with Crippen LogP contribution in [-0.2, 0) is 35.7 Å². The van der Waals surface area contributed by atoms with Crippen LogP contribution in [0.2, 0.25) is 0 Å². The number of piperazine rings is 1. The van der Waals surface area contributed by atoms with Crippen molar-refractivity contribution in [2.24, 2.45) is 11.8 Å². The molecule has 4 saturated heterocycles. The Morgan fingerprint density at radius 3 is 2.67 bits per heavy atom. The van der Waals surface area contributed by atoms with E-state index in [1.54, 1.807) is 18.7 Å². The number of likely N-dealkylation sites (N-methyl/N-ethyl adjacent to an activating group) is 1. The highest BCUT2D eigenvalue weighted by Crippen LogP contribution is 2.47. The third-order valence-electron chi connectivity index (χ3n) is 9.78. The first-order valence-corrected chi connectivity index (χ1v) is 16.6. The van der Waals surface area contributed by atoms with E-state index in [2.05, 4.69) is 46.6 Å². The molecule has 3 unspecified atom stereocenters. The minimum atomic E-state index is -3.67. The van der Waals surface area contributed by atoms with Crippen LogP contribution in [0.15, 0.2) is 24.4 Å². The molecule has 13 nitrogen and oxygen atoms in total. The van der Waals surface area contributed by atoms with Crippen molar-refractivity contribution in [2.75, 3.05) is 32.9 Å². The number of benzene rings is 1. The molecule has 7 rings (SSSR count). The Labute approximate surface area is 250 Å². The molecule has 0 saturated carbocycles. The Balaban J connectivity index is 0.000000611. The van der Waals surface area contributed by atoms with Crippen molar-refractivity contribution in [2.45, 2.75) is 69.2 Å². The highest BCUT2D eigenvalue weighted by Gasteiger charge is 2.69. The second kappa shape index (κ2) is 10.3. The number of ether oxygens (including phenoxy) is 1. The molecule has 1 aromatic heterocycles. The van der Waals surface area contributed by atoms with E-state index in [-0.39, 0.29) is 30.2 Å². The third-order valence-corrected chi connectivity index (χ3v) is 9.78. The number of aromatic amines is 1. The second-order valence-electron chi connectivity index (χ2n) is 12.8. The fourth-order valence-corrected chi connectivity index (χ4v) is 7.80. The summed E-state index contributed by atoms with van der Waals surface area (Å²) in [6.45, 7) is 4.44. The number of aromatic nitrogens is 1. The fourth-order valence-electron chi connectivity index (χ4n) is 7.80. The minimum Gasteiger partial charge on any atom is -0.361 e. The van der Waals surface area contributed by atoms with Gasteiger partial charge in [0.15, 0.2) is 0 Å². The van der Waals surface area contributed by atoms with Crippen LogP contribution in [0.25, 0.3) is 10.9 Å². The summed E-state index contributed by atoms with van der Waals surface area (Å²) in [7, 11) is -1.60. The Morgan fingerprint density at radius 2 is 1.98 bits per heavy atom. The largest absolute Gasteiger partial charge is 0.361 e. The van der Waals surface area contributed by atoms with Crippen LogP contribution in [-0.4, -0.2) is 112 Å². The lowest BCUT2D eigenvalue weighted by atomic mass is 9.72. The quantitative estimate of drug-likeness (QED) is 0.360. The van der Waals surface area contributed by atoms with Crippen LogP contribution in [0.3, 0.4) is 0 Å². The molecule has 5 aliphatic rings. The number of hydrogen-bond acceptors (Lipinski definition) is 8. The van der Waals surface area contributed by atoms with Crippen molar-refractivity contribution < 1.29 is 37.2 Å². The van der Waals surface area contributed by atoms with Gasteiger partial charge in [0.1, 0.15) is 12.6 Å². The third kappa shape index (κ3) is 4.83. The molecule has 6 atom stereocenters. The van der Waals surface area contributed by atoms with Crippen LogP contribution in [0, 0.1) is 11.8 Å². The molecule has 14 heteroatoms. The van der Waals surface area contributed by atoms with E-state index in [1.165, 1.54) is 16.5 Å². The van der Waals surface area contributed by atoms with Crippen molar-refractivity contribution in [3.63, 3.8) is 0 Å². The predicted molar refractivity (Wildman–Crippen MR) is 155 cm³/mol. The van der Waals surface area contributed by atoms with Crippen LogP contribution in [0.4, 0.5) is 0 Å². The number of amides is 3. The number of fused-ring (bicyclic) bond motifs is 5. The highest BCUT2D eigenvalue weighted by atomic mass is 32.2. The normalized spacial score (nSPS) is 33.7. The lowest BCUT2D eigenvalue weighted by Gasteiger charge is -2.46. The van der Waals surface area contributed by atoms with Crippen LogP contribution in [0.1, 0.15) is 50.2 Å². The molecule has 4 N–H and O–H groups in total. The van der Waals surface area contributed by atoms with Gasteiger partial charge >= 0.3 is 0 Å². The van der Waals surface area contributed by atoms with E-state index in [0.29, 0.717) is 38.2 Å². The molecule has 4 fully saturated rings. The van der Waals surface area contributed by atoms with Gasteiger partial charge in [0, 0.05) is 48.1 Å². The summed E-state index contributed by atoms with van der Waals surface area (Å²) in [5.74, 6) is -3.59. The number of nitrogens with zero attached hydrogens (tertiary/aromatic N) is 3. The van der Waals surface area contributed by atoms with Crippen molar-refractivity contribution >= 4 is 38.7 Å². The number of aliphatic hydroxyl groups is 1. The Morgan fingerprint density at radius 1 is 1.26 bits per heavy atom. The van der Waals surface area contributed by atoms with Gasteiger partial charge in [-0.25, -0.2) is 0 Å². The monoisotopic (exact) mass is 617 g/mol. The van der Waals surface area contributed by atoms with Crippen molar-refractivity contribution in [3.05, 3.63) is 35.5 Å². The summed E-state index contributed by atoms with van der Waals surface area (Å²) in [6.07, 6.45) is 5.68. The van der Waals surface area contributed by atoms with Gasteiger partial charge in [-0.3, -0.25) is 28.6 Å².